The van der Waals surface area contributed by atoms with Gasteiger partial charge in [-0.2, -0.15) is 5.10 Å². The molecule has 1 aromatic carbocycles. The second kappa shape index (κ2) is 5.59. The number of nitrogens with one attached hydrogen (secondary N) is 1. The summed E-state index contributed by atoms with van der Waals surface area (Å²) < 4.78 is 0. The van der Waals surface area contributed by atoms with Gasteiger partial charge in [-0.1, -0.05) is 30.3 Å². The highest BCUT2D eigenvalue weighted by Crippen LogP contribution is 2.11. The summed E-state index contributed by atoms with van der Waals surface area (Å²) in [7, 11) is 0. The van der Waals surface area contributed by atoms with Gasteiger partial charge in [0.2, 0.25) is 0 Å². The molecule has 4 heteroatoms. The van der Waals surface area contributed by atoms with Gasteiger partial charge in [-0.05, 0) is 24.1 Å². The number of hydrogen-bond acceptors (Lipinski definition) is 2. The van der Waals surface area contributed by atoms with Gasteiger partial charge < -0.3 is 5.73 Å². The van der Waals surface area contributed by atoms with Crippen molar-refractivity contribution in [3.63, 3.8) is 0 Å². The SMILES string of the molecule is CC(=CC=NNC(N)=O)c1ccccc1. The third kappa shape index (κ3) is 4.08. The van der Waals surface area contributed by atoms with Crippen molar-refractivity contribution in [3.8, 4) is 0 Å². The normalized spacial score (nSPS) is 11.7. The van der Waals surface area contributed by atoms with E-state index >= 15 is 0 Å². The van der Waals surface area contributed by atoms with E-state index in [1.165, 1.54) is 6.21 Å². The maximum atomic E-state index is 10.3. The number of rotatable bonds is 3. The lowest BCUT2D eigenvalue weighted by Crippen LogP contribution is -2.24. The number of allylic oxidation sites excluding steroid dienone is 2. The zero-order valence-corrected chi connectivity index (χ0v) is 8.47. The van der Waals surface area contributed by atoms with Gasteiger partial charge in [-0.3, -0.25) is 0 Å². The second-order valence-electron chi connectivity index (χ2n) is 2.97. The molecule has 4 nitrogen and oxygen atoms in total. The topological polar surface area (TPSA) is 67.5 Å². The van der Waals surface area contributed by atoms with Crippen molar-refractivity contribution in [3.05, 3.63) is 42.0 Å². The lowest BCUT2D eigenvalue weighted by atomic mass is 10.1. The molecule has 1 aromatic rings. The molecule has 0 aliphatic heterocycles. The van der Waals surface area contributed by atoms with Gasteiger partial charge in [0.1, 0.15) is 0 Å². The highest BCUT2D eigenvalue weighted by molar-refractivity contribution is 5.84. The van der Waals surface area contributed by atoms with Crippen LogP contribution in [0.25, 0.3) is 5.57 Å². The summed E-state index contributed by atoms with van der Waals surface area (Å²) in [5, 5.41) is 3.61. The summed E-state index contributed by atoms with van der Waals surface area (Å²) in [6, 6.07) is 9.22. The smallest absolute Gasteiger partial charge is 0.332 e. The summed E-state index contributed by atoms with van der Waals surface area (Å²) in [4.78, 5) is 10.3. The maximum Gasteiger partial charge on any atom is 0.332 e. The van der Waals surface area contributed by atoms with Crippen LogP contribution >= 0.6 is 0 Å². The summed E-state index contributed by atoms with van der Waals surface area (Å²) in [5.74, 6) is 0. The highest BCUT2D eigenvalue weighted by atomic mass is 16.2. The van der Waals surface area contributed by atoms with E-state index in [9.17, 15) is 4.79 Å². The molecule has 0 aromatic heterocycles. The van der Waals surface area contributed by atoms with Gasteiger partial charge >= 0.3 is 6.03 Å². The van der Waals surface area contributed by atoms with Crippen molar-refractivity contribution >= 4 is 17.8 Å². The number of hydrazone groups is 1. The average molecular weight is 203 g/mol. The number of hydrogen-bond donors (Lipinski definition) is 2. The molecule has 78 valence electrons. The van der Waals surface area contributed by atoms with E-state index in [0.717, 1.165) is 11.1 Å². The van der Waals surface area contributed by atoms with Crippen LogP contribution in [0.2, 0.25) is 0 Å². The number of primary amides is 1. The molecule has 0 spiro atoms. The molecule has 2 amide bonds. The number of amides is 2. The second-order valence-corrected chi connectivity index (χ2v) is 2.97. The minimum Gasteiger partial charge on any atom is -0.350 e. The van der Waals surface area contributed by atoms with Crippen molar-refractivity contribution in [1.29, 1.82) is 0 Å². The van der Waals surface area contributed by atoms with Gasteiger partial charge in [-0.25, -0.2) is 10.2 Å². The first-order valence-corrected chi connectivity index (χ1v) is 4.51. The molecule has 0 bridgehead atoms. The Morgan fingerprint density at radius 1 is 1.40 bits per heavy atom. The zero-order chi connectivity index (χ0) is 11.1. The highest BCUT2D eigenvalue weighted by Gasteiger charge is 1.91. The molecule has 0 unspecified atom stereocenters. The molecule has 3 N–H and O–H groups in total. The molecule has 15 heavy (non-hydrogen) atoms. The van der Waals surface area contributed by atoms with Crippen molar-refractivity contribution < 1.29 is 4.79 Å². The van der Waals surface area contributed by atoms with Gasteiger partial charge in [-0.15, -0.1) is 0 Å². The third-order valence-corrected chi connectivity index (χ3v) is 1.80. The Bertz CT molecular complexity index is 382. The first-order chi connectivity index (χ1) is 7.20. The zero-order valence-electron chi connectivity index (χ0n) is 8.47. The molecule has 0 aliphatic carbocycles. The van der Waals surface area contributed by atoms with Crippen LogP contribution < -0.4 is 11.2 Å². The fourth-order valence-electron chi connectivity index (χ4n) is 1.05. The van der Waals surface area contributed by atoms with Crippen LogP contribution in [0.4, 0.5) is 4.79 Å². The van der Waals surface area contributed by atoms with E-state index in [4.69, 9.17) is 5.73 Å². The van der Waals surface area contributed by atoms with Gasteiger partial charge in [0.05, 0.1) is 0 Å². The van der Waals surface area contributed by atoms with Crippen LogP contribution in [0, 0.1) is 0 Å². The Morgan fingerprint density at radius 2 is 2.07 bits per heavy atom. The molecule has 0 heterocycles. The van der Waals surface area contributed by atoms with Gasteiger partial charge in [0.15, 0.2) is 0 Å². The van der Waals surface area contributed by atoms with E-state index in [-0.39, 0.29) is 0 Å². The first-order valence-electron chi connectivity index (χ1n) is 4.51. The largest absolute Gasteiger partial charge is 0.350 e. The lowest BCUT2D eigenvalue weighted by Gasteiger charge is -1.98. The monoisotopic (exact) mass is 203 g/mol. The molecule has 0 atom stereocenters. The molecular weight excluding hydrogens is 190 g/mol. The summed E-state index contributed by atoms with van der Waals surface area (Å²) in [6.07, 6.45) is 3.29. The van der Waals surface area contributed by atoms with Crippen molar-refractivity contribution in [2.24, 2.45) is 10.8 Å². The Labute approximate surface area is 88.5 Å². The number of benzene rings is 1. The standard InChI is InChI=1S/C11H13N3O/c1-9(7-8-13-14-11(12)15)10-5-3-2-4-6-10/h2-8H,1H3,(H3,12,14,15). The number of nitrogens with two attached hydrogens (primary N) is 1. The van der Waals surface area contributed by atoms with Crippen LogP contribution in [0.5, 0.6) is 0 Å². The minimum absolute atomic E-state index is 0.669. The van der Waals surface area contributed by atoms with Crippen molar-refractivity contribution in [1.82, 2.24) is 5.43 Å². The van der Waals surface area contributed by atoms with Gasteiger partial charge in [0, 0.05) is 6.21 Å². The van der Waals surface area contributed by atoms with Crippen LogP contribution in [-0.4, -0.2) is 12.2 Å². The fraction of sp³-hybridized carbons (Fsp3) is 0.0909. The number of carbonyl (C=O) groups excluding carboxylic acids is 1. The Kier molecular flexibility index (Phi) is 4.09. The Balaban J connectivity index is 2.61. The van der Waals surface area contributed by atoms with E-state index in [1.54, 1.807) is 6.08 Å². The van der Waals surface area contributed by atoms with Crippen LogP contribution in [0.3, 0.4) is 0 Å². The molecule has 0 saturated carbocycles. The van der Waals surface area contributed by atoms with Crippen LogP contribution in [0.1, 0.15) is 12.5 Å². The van der Waals surface area contributed by atoms with Crippen molar-refractivity contribution in [2.75, 3.05) is 0 Å². The first kappa shape index (κ1) is 11.0. The fourth-order valence-corrected chi connectivity index (χ4v) is 1.05. The molecule has 0 saturated heterocycles. The predicted octanol–water partition coefficient (Wildman–Crippen LogP) is 1.74. The number of urea groups is 1. The Morgan fingerprint density at radius 3 is 2.67 bits per heavy atom. The van der Waals surface area contributed by atoms with Crippen molar-refractivity contribution in [2.45, 2.75) is 6.92 Å². The average Bonchev–Trinajstić information content (AvgIpc) is 2.25. The predicted molar refractivity (Wildman–Crippen MR) is 61.3 cm³/mol. The van der Waals surface area contributed by atoms with E-state index < -0.39 is 6.03 Å². The molecule has 0 aliphatic rings. The quantitative estimate of drug-likeness (QED) is 0.570. The summed E-state index contributed by atoms with van der Waals surface area (Å²) in [5.41, 5.74) is 9.13. The van der Waals surface area contributed by atoms with E-state index in [1.807, 2.05) is 37.3 Å². The van der Waals surface area contributed by atoms with Crippen LogP contribution in [-0.2, 0) is 0 Å². The molecular formula is C11H13N3O. The number of carbonyl (C=O) groups is 1. The molecule has 0 radical (unpaired) electrons. The summed E-state index contributed by atoms with van der Waals surface area (Å²) >= 11 is 0. The molecule has 1 rings (SSSR count). The molecule has 0 fully saturated rings. The minimum atomic E-state index is -0.669. The maximum absolute atomic E-state index is 10.3. The number of nitrogens with zero attached hydrogens (tertiary/aromatic N) is 1. The lowest BCUT2D eigenvalue weighted by molar-refractivity contribution is 0.249. The third-order valence-electron chi connectivity index (χ3n) is 1.80. The Hall–Kier alpha value is -2.10. The van der Waals surface area contributed by atoms with Crippen LogP contribution in [0.15, 0.2) is 41.5 Å². The van der Waals surface area contributed by atoms with E-state index in [0.29, 0.717) is 0 Å². The summed E-state index contributed by atoms with van der Waals surface area (Å²) in [6.45, 7) is 1.96. The van der Waals surface area contributed by atoms with E-state index in [2.05, 4.69) is 10.5 Å². The van der Waals surface area contributed by atoms with Gasteiger partial charge in [0.25, 0.3) is 0 Å².